The molecule has 0 aliphatic heterocycles. The zero-order valence-corrected chi connectivity index (χ0v) is 13.1. The van der Waals surface area contributed by atoms with Crippen LogP contribution in [0.3, 0.4) is 0 Å². The molecule has 2 rings (SSSR count). The summed E-state index contributed by atoms with van der Waals surface area (Å²) in [7, 11) is 1.95. The minimum absolute atomic E-state index is 0.134. The van der Waals surface area contributed by atoms with Gasteiger partial charge in [0.2, 0.25) is 0 Å². The number of aromatic nitrogens is 3. The van der Waals surface area contributed by atoms with Crippen molar-refractivity contribution in [3.05, 3.63) is 33.5 Å². The Kier molecular flexibility index (Phi) is 4.06. The van der Waals surface area contributed by atoms with Crippen molar-refractivity contribution in [2.24, 2.45) is 7.05 Å². The Morgan fingerprint density at radius 2 is 2.05 bits per heavy atom. The first kappa shape index (κ1) is 14.2. The monoisotopic (exact) mass is 278 g/mol. The van der Waals surface area contributed by atoms with E-state index in [0.717, 1.165) is 23.8 Å². The standard InChI is InChI=1S/C14H22N4S/c1-10-11(8-18(5)17-10)6-15-7-13-16-12(9-19-13)14(2,3)4/h8-9,15H,6-7H2,1-5H3. The number of hydrogen-bond acceptors (Lipinski definition) is 4. The average molecular weight is 278 g/mol. The van der Waals surface area contributed by atoms with Gasteiger partial charge in [-0.15, -0.1) is 11.3 Å². The number of rotatable bonds is 4. The van der Waals surface area contributed by atoms with Gasteiger partial charge in [-0.3, -0.25) is 4.68 Å². The van der Waals surface area contributed by atoms with Crippen LogP contribution in [-0.4, -0.2) is 14.8 Å². The SMILES string of the molecule is Cc1nn(C)cc1CNCc1nc(C(C)(C)C)cs1. The molecule has 0 spiro atoms. The minimum atomic E-state index is 0.134. The normalized spacial score (nSPS) is 12.1. The maximum atomic E-state index is 4.68. The van der Waals surface area contributed by atoms with Gasteiger partial charge in [0, 0.05) is 42.7 Å². The molecule has 0 unspecified atom stereocenters. The zero-order valence-electron chi connectivity index (χ0n) is 12.3. The molecule has 0 amide bonds. The van der Waals surface area contributed by atoms with Crippen LogP contribution in [0.15, 0.2) is 11.6 Å². The second-order valence-corrected chi connectivity index (χ2v) is 6.84. The Morgan fingerprint density at radius 1 is 1.32 bits per heavy atom. The van der Waals surface area contributed by atoms with Crippen LogP contribution in [0.4, 0.5) is 0 Å². The van der Waals surface area contributed by atoms with Gasteiger partial charge in [0.25, 0.3) is 0 Å². The highest BCUT2D eigenvalue weighted by molar-refractivity contribution is 7.09. The van der Waals surface area contributed by atoms with Crippen LogP contribution in [0.2, 0.25) is 0 Å². The molecule has 0 bridgehead atoms. The molecule has 2 heterocycles. The molecule has 0 aliphatic rings. The lowest BCUT2D eigenvalue weighted by Gasteiger charge is -2.14. The Bertz CT molecular complexity index is 548. The van der Waals surface area contributed by atoms with Gasteiger partial charge in [-0.25, -0.2) is 4.98 Å². The van der Waals surface area contributed by atoms with E-state index in [4.69, 9.17) is 0 Å². The summed E-state index contributed by atoms with van der Waals surface area (Å²) in [5.41, 5.74) is 3.64. The number of aryl methyl sites for hydroxylation is 2. The highest BCUT2D eigenvalue weighted by Crippen LogP contribution is 2.23. The second-order valence-electron chi connectivity index (χ2n) is 5.89. The summed E-state index contributed by atoms with van der Waals surface area (Å²) in [6.45, 7) is 10.3. The summed E-state index contributed by atoms with van der Waals surface area (Å²) in [5.74, 6) is 0. The van der Waals surface area contributed by atoms with Gasteiger partial charge < -0.3 is 5.32 Å². The third kappa shape index (κ3) is 3.64. The van der Waals surface area contributed by atoms with Gasteiger partial charge in [-0.1, -0.05) is 20.8 Å². The number of hydrogen-bond donors (Lipinski definition) is 1. The Labute approximate surface area is 118 Å². The largest absolute Gasteiger partial charge is 0.306 e. The van der Waals surface area contributed by atoms with E-state index in [-0.39, 0.29) is 5.41 Å². The molecule has 5 heteroatoms. The fourth-order valence-electron chi connectivity index (χ4n) is 1.86. The van der Waals surface area contributed by atoms with Crippen molar-refractivity contribution >= 4 is 11.3 Å². The van der Waals surface area contributed by atoms with Crippen molar-refractivity contribution in [3.8, 4) is 0 Å². The zero-order chi connectivity index (χ0) is 14.0. The molecule has 0 saturated heterocycles. The maximum Gasteiger partial charge on any atom is 0.107 e. The van der Waals surface area contributed by atoms with E-state index in [1.54, 1.807) is 11.3 Å². The molecule has 0 aliphatic carbocycles. The van der Waals surface area contributed by atoms with Crippen LogP contribution in [-0.2, 0) is 25.6 Å². The van der Waals surface area contributed by atoms with Crippen LogP contribution in [0.5, 0.6) is 0 Å². The molecule has 0 fully saturated rings. The lowest BCUT2D eigenvalue weighted by molar-refractivity contribution is 0.568. The first-order chi connectivity index (χ1) is 8.86. The maximum absolute atomic E-state index is 4.68. The summed E-state index contributed by atoms with van der Waals surface area (Å²) in [6, 6.07) is 0. The quantitative estimate of drug-likeness (QED) is 0.935. The van der Waals surface area contributed by atoms with Crippen molar-refractivity contribution in [3.63, 3.8) is 0 Å². The Hall–Kier alpha value is -1.20. The summed E-state index contributed by atoms with van der Waals surface area (Å²) in [5, 5.41) is 11.1. The summed E-state index contributed by atoms with van der Waals surface area (Å²) in [6.07, 6.45) is 2.06. The van der Waals surface area contributed by atoms with Crippen molar-refractivity contribution in [1.29, 1.82) is 0 Å². The third-order valence-corrected chi connectivity index (χ3v) is 3.88. The lowest BCUT2D eigenvalue weighted by Crippen LogP contribution is -2.14. The van der Waals surface area contributed by atoms with Crippen LogP contribution in [0.25, 0.3) is 0 Å². The molecule has 0 atom stereocenters. The summed E-state index contributed by atoms with van der Waals surface area (Å²) in [4.78, 5) is 4.68. The van der Waals surface area contributed by atoms with Gasteiger partial charge in [0.05, 0.1) is 11.4 Å². The van der Waals surface area contributed by atoms with Gasteiger partial charge >= 0.3 is 0 Å². The van der Waals surface area contributed by atoms with E-state index >= 15 is 0 Å². The molecule has 104 valence electrons. The second kappa shape index (κ2) is 5.43. The van der Waals surface area contributed by atoms with Crippen molar-refractivity contribution in [1.82, 2.24) is 20.1 Å². The molecule has 0 radical (unpaired) electrons. The highest BCUT2D eigenvalue weighted by Gasteiger charge is 2.17. The van der Waals surface area contributed by atoms with E-state index < -0.39 is 0 Å². The topological polar surface area (TPSA) is 42.7 Å². The van der Waals surface area contributed by atoms with Crippen molar-refractivity contribution < 1.29 is 0 Å². The molecular weight excluding hydrogens is 256 g/mol. The molecular formula is C14H22N4S. The minimum Gasteiger partial charge on any atom is -0.306 e. The Morgan fingerprint density at radius 3 is 2.58 bits per heavy atom. The Balaban J connectivity index is 1.89. The van der Waals surface area contributed by atoms with Crippen molar-refractivity contribution in [2.75, 3.05) is 0 Å². The third-order valence-electron chi connectivity index (χ3n) is 3.03. The number of nitrogens with zero attached hydrogens (tertiary/aromatic N) is 3. The first-order valence-electron chi connectivity index (χ1n) is 6.51. The fraction of sp³-hybridized carbons (Fsp3) is 0.571. The van der Waals surface area contributed by atoms with Gasteiger partial charge in [-0.05, 0) is 6.92 Å². The van der Waals surface area contributed by atoms with Crippen LogP contribution < -0.4 is 5.32 Å². The fourth-order valence-corrected chi connectivity index (χ4v) is 2.85. The number of thiazole rings is 1. The lowest BCUT2D eigenvalue weighted by atomic mass is 9.93. The summed E-state index contributed by atoms with van der Waals surface area (Å²) >= 11 is 1.73. The molecule has 19 heavy (non-hydrogen) atoms. The predicted molar refractivity (Wildman–Crippen MR) is 79.3 cm³/mol. The highest BCUT2D eigenvalue weighted by atomic mass is 32.1. The smallest absolute Gasteiger partial charge is 0.107 e. The van der Waals surface area contributed by atoms with Gasteiger partial charge in [0.1, 0.15) is 5.01 Å². The van der Waals surface area contributed by atoms with Crippen LogP contribution in [0.1, 0.15) is 42.7 Å². The molecule has 2 aromatic heterocycles. The van der Waals surface area contributed by atoms with E-state index in [1.165, 1.54) is 11.3 Å². The number of nitrogens with one attached hydrogen (secondary N) is 1. The molecule has 0 saturated carbocycles. The van der Waals surface area contributed by atoms with Crippen LogP contribution >= 0.6 is 11.3 Å². The molecule has 4 nitrogen and oxygen atoms in total. The van der Waals surface area contributed by atoms with E-state index in [1.807, 2.05) is 18.7 Å². The molecule has 0 aromatic carbocycles. The van der Waals surface area contributed by atoms with Crippen molar-refractivity contribution in [2.45, 2.75) is 46.2 Å². The molecule has 2 aromatic rings. The van der Waals surface area contributed by atoms with E-state index in [9.17, 15) is 0 Å². The van der Waals surface area contributed by atoms with E-state index in [2.05, 4.69) is 47.7 Å². The first-order valence-corrected chi connectivity index (χ1v) is 7.39. The summed E-state index contributed by atoms with van der Waals surface area (Å²) < 4.78 is 1.85. The van der Waals surface area contributed by atoms with Gasteiger partial charge in [0.15, 0.2) is 0 Å². The average Bonchev–Trinajstić information content (AvgIpc) is 2.86. The van der Waals surface area contributed by atoms with Gasteiger partial charge in [-0.2, -0.15) is 5.10 Å². The van der Waals surface area contributed by atoms with Crippen LogP contribution in [0, 0.1) is 6.92 Å². The predicted octanol–water partition coefficient (Wildman–Crippen LogP) is 2.77. The van der Waals surface area contributed by atoms with E-state index in [0.29, 0.717) is 0 Å². The molecule has 1 N–H and O–H groups in total.